The molecule has 0 saturated carbocycles. The van der Waals surface area contributed by atoms with Gasteiger partial charge in [-0.1, -0.05) is 100 Å². The molecule has 2 heterocycles. The number of carbonyl (C=O) groups excluding carboxylic acids is 8. The number of carbonyl (C=O) groups is 8. The number of amides is 7. The van der Waals surface area contributed by atoms with Gasteiger partial charge in [-0.3, -0.25) is 38.4 Å². The molecule has 10 atom stereocenters. The third-order valence-electron chi connectivity index (χ3n) is 12.1. The fraction of sp³-hybridized carbons (Fsp3) is 0.451. The largest absolute Gasteiger partial charge is 0.464 e. The molecular formula is C51H68N10O11S2. The van der Waals surface area contributed by atoms with Gasteiger partial charge in [-0.25, -0.2) is 0 Å². The molecule has 4 aromatic rings. The van der Waals surface area contributed by atoms with Crippen molar-refractivity contribution in [3.05, 3.63) is 108 Å². The Morgan fingerprint density at radius 1 is 0.730 bits per heavy atom. The van der Waals surface area contributed by atoms with Crippen LogP contribution in [-0.2, 0) is 62.4 Å². The number of fused-ring (bicyclic) bond motifs is 1. The number of para-hydroxylation sites is 1. The molecule has 0 radical (unpaired) electrons. The number of rotatable bonds is 18. The maximum Gasteiger partial charge on any atom is 0.302 e. The van der Waals surface area contributed by atoms with E-state index >= 15 is 0 Å². The van der Waals surface area contributed by atoms with Gasteiger partial charge in [0.15, 0.2) is 0 Å². The smallest absolute Gasteiger partial charge is 0.302 e. The van der Waals surface area contributed by atoms with Crippen LogP contribution in [0.2, 0.25) is 0 Å². The van der Waals surface area contributed by atoms with Crippen molar-refractivity contribution in [1.82, 2.24) is 42.2 Å². The third-order valence-corrected chi connectivity index (χ3v) is 14.5. The molecular weight excluding hydrogens is 993 g/mol. The van der Waals surface area contributed by atoms with E-state index in [2.05, 4.69) is 42.2 Å². The van der Waals surface area contributed by atoms with Crippen LogP contribution in [0.1, 0.15) is 56.7 Å². The molecule has 0 unspecified atom stereocenters. The summed E-state index contributed by atoms with van der Waals surface area (Å²) in [5.41, 5.74) is 15.0. The molecule has 74 heavy (non-hydrogen) atoms. The zero-order chi connectivity index (χ0) is 53.7. The molecule has 400 valence electrons. The number of nitrogens with two attached hydrogens (primary N) is 2. The number of aliphatic hydroxyl groups excluding tert-OH is 2. The predicted molar refractivity (Wildman–Crippen MR) is 282 cm³/mol. The van der Waals surface area contributed by atoms with E-state index in [1.54, 1.807) is 60.8 Å². The van der Waals surface area contributed by atoms with Crippen LogP contribution >= 0.6 is 21.6 Å². The van der Waals surface area contributed by atoms with Crippen LogP contribution in [0.4, 0.5) is 0 Å². The first-order chi connectivity index (χ1) is 35.4. The van der Waals surface area contributed by atoms with E-state index in [1.807, 2.05) is 30.3 Å². The lowest BCUT2D eigenvalue weighted by Crippen LogP contribution is -2.62. The number of hydrogen-bond acceptors (Lipinski definition) is 15. The average molecular weight is 1060 g/mol. The molecule has 23 heteroatoms. The number of aliphatic hydroxyl groups is 2. The van der Waals surface area contributed by atoms with Crippen molar-refractivity contribution in [1.29, 1.82) is 0 Å². The molecule has 1 aliphatic rings. The molecule has 3 aromatic carbocycles. The van der Waals surface area contributed by atoms with E-state index in [-0.39, 0.29) is 43.7 Å². The van der Waals surface area contributed by atoms with E-state index in [9.17, 15) is 48.6 Å². The van der Waals surface area contributed by atoms with Crippen LogP contribution in [0, 0.1) is 0 Å². The number of hydrogen-bond donors (Lipinski definition) is 12. The van der Waals surface area contributed by atoms with Crippen LogP contribution in [0.25, 0.3) is 10.9 Å². The van der Waals surface area contributed by atoms with E-state index < -0.39 is 114 Å². The number of esters is 1. The molecule has 7 amide bonds. The molecule has 1 aromatic heterocycles. The first kappa shape index (κ1) is 58.4. The highest BCUT2D eigenvalue weighted by atomic mass is 33.1. The monoisotopic (exact) mass is 1060 g/mol. The van der Waals surface area contributed by atoms with Gasteiger partial charge in [0.2, 0.25) is 41.4 Å². The second-order valence-electron chi connectivity index (χ2n) is 18.1. The molecule has 14 N–H and O–H groups in total. The Morgan fingerprint density at radius 3 is 1.97 bits per heavy atom. The Balaban J connectivity index is 1.57. The van der Waals surface area contributed by atoms with Gasteiger partial charge in [0.05, 0.1) is 24.3 Å². The van der Waals surface area contributed by atoms with E-state index in [4.69, 9.17) is 16.2 Å². The van der Waals surface area contributed by atoms with Crippen LogP contribution in [0.5, 0.6) is 0 Å². The second kappa shape index (κ2) is 29.4. The summed E-state index contributed by atoms with van der Waals surface area (Å²) in [4.78, 5) is 115. The molecule has 1 aliphatic heterocycles. The van der Waals surface area contributed by atoms with Gasteiger partial charge in [-0.2, -0.15) is 0 Å². The fourth-order valence-electron chi connectivity index (χ4n) is 7.92. The van der Waals surface area contributed by atoms with Gasteiger partial charge in [0.1, 0.15) is 42.9 Å². The minimum absolute atomic E-state index is 0.0213. The van der Waals surface area contributed by atoms with Crippen molar-refractivity contribution >= 4 is 79.8 Å². The first-order valence-electron chi connectivity index (χ1n) is 24.4. The van der Waals surface area contributed by atoms with E-state index in [0.717, 1.165) is 45.0 Å². The van der Waals surface area contributed by atoms with Crippen molar-refractivity contribution in [2.45, 2.75) is 120 Å². The molecule has 0 bridgehead atoms. The number of nitrogens with one attached hydrogen (secondary N) is 8. The van der Waals surface area contributed by atoms with Gasteiger partial charge in [0.25, 0.3) is 0 Å². The number of unbranched alkanes of at least 4 members (excludes halogenated alkanes) is 1. The molecule has 0 spiro atoms. The summed E-state index contributed by atoms with van der Waals surface area (Å²) in [5.74, 6) is -6.82. The van der Waals surface area contributed by atoms with Crippen LogP contribution in [0.3, 0.4) is 0 Å². The van der Waals surface area contributed by atoms with Gasteiger partial charge < -0.3 is 68.6 Å². The van der Waals surface area contributed by atoms with Crippen LogP contribution in [0.15, 0.2) is 91.1 Å². The van der Waals surface area contributed by atoms with E-state index in [1.165, 1.54) is 13.8 Å². The maximum absolute atomic E-state index is 14.8. The lowest BCUT2D eigenvalue weighted by atomic mass is 10.0. The summed E-state index contributed by atoms with van der Waals surface area (Å²) in [6.45, 7) is 3.60. The molecule has 21 nitrogen and oxygen atoms in total. The van der Waals surface area contributed by atoms with Gasteiger partial charge >= 0.3 is 5.97 Å². The normalized spacial score (nSPS) is 22.3. The summed E-state index contributed by atoms with van der Waals surface area (Å²) in [6, 6.07) is 14.4. The quantitative estimate of drug-likeness (QED) is 0.0348. The van der Waals surface area contributed by atoms with Crippen molar-refractivity contribution in [2.24, 2.45) is 11.5 Å². The summed E-state index contributed by atoms with van der Waals surface area (Å²) in [5, 5.41) is 41.1. The number of aromatic amines is 1. The van der Waals surface area contributed by atoms with Crippen LogP contribution in [-0.4, -0.2) is 148 Å². The third kappa shape index (κ3) is 18.2. The summed E-state index contributed by atoms with van der Waals surface area (Å²) in [6.07, 6.45) is -0.279. The number of ether oxygens (including phenoxy) is 1. The van der Waals surface area contributed by atoms with Crippen molar-refractivity contribution in [2.75, 3.05) is 24.7 Å². The Morgan fingerprint density at radius 2 is 1.32 bits per heavy atom. The van der Waals surface area contributed by atoms with Crippen molar-refractivity contribution < 1.29 is 53.3 Å². The van der Waals surface area contributed by atoms with Gasteiger partial charge in [0, 0.05) is 48.4 Å². The minimum atomic E-state index is -1.69. The lowest BCUT2D eigenvalue weighted by Gasteiger charge is -2.29. The Hall–Kier alpha value is -6.50. The number of benzene rings is 3. The molecule has 5 rings (SSSR count). The molecule has 1 fully saturated rings. The van der Waals surface area contributed by atoms with Gasteiger partial charge in [-0.15, -0.1) is 0 Å². The SMILES string of the molecule is CC(=O)OC[C@@H](NC(=O)[C@@H]1CSSC[C@H](NC(=O)[C@H](N)Cc2ccccc2)C(=O)N[C@@H](Cc2ccccc2)C(=O)N[C@H](Cc2c[nH]c3ccccc23)C(=O)N[C@@H](CCCCN)C(=O)N[C@@H]([C@@H](C)O)C(=O)N1)[C@@H](C)O. The first-order valence-corrected chi connectivity index (χ1v) is 26.9. The second-order valence-corrected chi connectivity index (χ2v) is 20.6. The predicted octanol–water partition coefficient (Wildman–Crippen LogP) is -0.235. The Labute approximate surface area is 437 Å². The van der Waals surface area contributed by atoms with E-state index in [0.29, 0.717) is 24.0 Å². The average Bonchev–Trinajstić information content (AvgIpc) is 3.78. The molecule has 0 aliphatic carbocycles. The standard InChI is InChI=1S/C51H68N10O11S2/c1-29(62)41(26-72-31(3)64)58-50(70)43-28-74-73-27-42(59-45(65)36(53)22-32-14-6-4-7-15-32)49(69)56-39(23-33-16-8-5-9-17-33)47(67)57-40(24-34-25-54-37-19-11-10-18-35(34)37)48(68)55-38(20-12-13-21-52)46(66)61-44(30(2)63)51(71)60-43/h4-11,14-19,25,29-30,36,38-44,54,62-63H,12-13,20-24,26-28,52-53H2,1-3H3,(H,55,68)(H,56,69)(H,57,67)(H,58,70)(H,59,65)(H,60,71)(H,61,66)/t29-,30-,36-,38+,39+,40-,41-,42+,43+,44+/m1/s1. The Bertz CT molecular complexity index is 2520. The van der Waals surface area contributed by atoms with Gasteiger partial charge in [-0.05, 0) is 68.8 Å². The lowest BCUT2D eigenvalue weighted by molar-refractivity contribution is -0.143. The topological polar surface area (TPSA) is 338 Å². The van der Waals surface area contributed by atoms with Crippen molar-refractivity contribution in [3.63, 3.8) is 0 Å². The van der Waals surface area contributed by atoms with Crippen molar-refractivity contribution in [3.8, 4) is 0 Å². The summed E-state index contributed by atoms with van der Waals surface area (Å²) < 4.78 is 5.05. The number of aromatic nitrogens is 1. The molecule has 1 saturated heterocycles. The minimum Gasteiger partial charge on any atom is -0.464 e. The van der Waals surface area contributed by atoms with Crippen LogP contribution < -0.4 is 48.7 Å². The number of H-pyrrole nitrogens is 1. The highest BCUT2D eigenvalue weighted by Crippen LogP contribution is 2.24. The summed E-state index contributed by atoms with van der Waals surface area (Å²) >= 11 is 0. The highest BCUT2D eigenvalue weighted by Gasteiger charge is 2.36. The zero-order valence-electron chi connectivity index (χ0n) is 41.5. The highest BCUT2D eigenvalue weighted by molar-refractivity contribution is 8.76. The zero-order valence-corrected chi connectivity index (χ0v) is 43.2. The fourth-order valence-corrected chi connectivity index (χ4v) is 10.2. The Kier molecular flexibility index (Phi) is 23.2. The maximum atomic E-state index is 14.8. The summed E-state index contributed by atoms with van der Waals surface area (Å²) in [7, 11) is 2.04.